The molecule has 0 aliphatic heterocycles. The third kappa shape index (κ3) is 6.96. The Hall–Kier alpha value is -2.07. The third-order valence-electron chi connectivity index (χ3n) is 5.40. The fourth-order valence-electron chi connectivity index (χ4n) is 3.84. The molecule has 1 unspecified atom stereocenters. The highest BCUT2D eigenvalue weighted by Gasteiger charge is 2.20. The summed E-state index contributed by atoms with van der Waals surface area (Å²) in [7, 11) is 0. The van der Waals surface area contributed by atoms with Crippen LogP contribution in [-0.4, -0.2) is 29.9 Å². The lowest BCUT2D eigenvalue weighted by molar-refractivity contribution is 0.0983. The van der Waals surface area contributed by atoms with E-state index in [2.05, 4.69) is 75.5 Å². The van der Waals surface area contributed by atoms with Crippen LogP contribution in [0.5, 0.6) is 5.75 Å². The van der Waals surface area contributed by atoms with E-state index in [0.29, 0.717) is 12.5 Å². The average Bonchev–Trinajstić information content (AvgIpc) is 2.72. The molecule has 0 saturated heterocycles. The lowest BCUT2D eigenvalue weighted by Crippen LogP contribution is -2.46. The molecule has 1 atom stereocenters. The van der Waals surface area contributed by atoms with Gasteiger partial charge in [0, 0.05) is 22.7 Å². The van der Waals surface area contributed by atoms with Crippen LogP contribution in [-0.2, 0) is 12.8 Å². The summed E-state index contributed by atoms with van der Waals surface area (Å²) >= 11 is 6.37. The summed E-state index contributed by atoms with van der Waals surface area (Å²) in [5, 5.41) is 17.2. The molecule has 0 bridgehead atoms. The predicted molar refractivity (Wildman–Crippen MR) is 131 cm³/mol. The van der Waals surface area contributed by atoms with Gasteiger partial charge in [-0.25, -0.2) is 0 Å². The second kappa shape index (κ2) is 10.5. The minimum Gasteiger partial charge on any atom is -0.491 e. The quantitative estimate of drug-likeness (QED) is 0.404. The van der Waals surface area contributed by atoms with Crippen LogP contribution in [0, 0.1) is 5.92 Å². The molecule has 0 radical (unpaired) electrons. The summed E-state index contributed by atoms with van der Waals surface area (Å²) in [6, 6.07) is 20.7. The highest BCUT2D eigenvalue weighted by atomic mass is 35.5. The Bertz CT molecular complexity index is 999. The minimum atomic E-state index is -0.609. The lowest BCUT2D eigenvalue weighted by Gasteiger charge is -2.28. The van der Waals surface area contributed by atoms with Crippen LogP contribution in [0.3, 0.4) is 0 Å². The number of β-amino-alcohol motifs (C(OH)–C–C–N with tert-alkyl or cyclic N) is 1. The van der Waals surface area contributed by atoms with Gasteiger partial charge >= 0.3 is 0 Å². The van der Waals surface area contributed by atoms with Crippen molar-refractivity contribution in [3.05, 3.63) is 76.8 Å². The fraction of sp³-hybridized carbons (Fsp3) is 0.407. The Kier molecular flexibility index (Phi) is 7.99. The van der Waals surface area contributed by atoms with Crippen molar-refractivity contribution in [3.63, 3.8) is 0 Å². The van der Waals surface area contributed by atoms with Crippen LogP contribution in [0.25, 0.3) is 10.8 Å². The van der Waals surface area contributed by atoms with Gasteiger partial charge in [0.2, 0.25) is 0 Å². The van der Waals surface area contributed by atoms with E-state index in [-0.39, 0.29) is 12.1 Å². The summed E-state index contributed by atoms with van der Waals surface area (Å²) in [4.78, 5) is 0. The zero-order valence-electron chi connectivity index (χ0n) is 19.0. The zero-order valence-corrected chi connectivity index (χ0v) is 19.7. The van der Waals surface area contributed by atoms with E-state index in [9.17, 15) is 5.11 Å². The molecular formula is C27H34ClNO2. The zero-order chi connectivity index (χ0) is 22.4. The first-order chi connectivity index (χ1) is 14.7. The maximum absolute atomic E-state index is 10.5. The molecule has 3 rings (SSSR count). The van der Waals surface area contributed by atoms with Crippen molar-refractivity contribution in [2.24, 2.45) is 5.92 Å². The molecule has 3 nitrogen and oxygen atoms in total. The monoisotopic (exact) mass is 439 g/mol. The van der Waals surface area contributed by atoms with Gasteiger partial charge in [0.1, 0.15) is 18.5 Å². The van der Waals surface area contributed by atoms with Crippen LogP contribution in [0.2, 0.25) is 5.02 Å². The largest absolute Gasteiger partial charge is 0.491 e. The van der Waals surface area contributed by atoms with Gasteiger partial charge in [-0.15, -0.1) is 0 Å². The number of hydrogen-bond donors (Lipinski definition) is 2. The Balaban J connectivity index is 1.53. The van der Waals surface area contributed by atoms with Crippen molar-refractivity contribution in [2.75, 3.05) is 13.2 Å². The molecule has 2 N–H and O–H groups in total. The lowest BCUT2D eigenvalue weighted by atomic mass is 9.93. The van der Waals surface area contributed by atoms with E-state index in [1.807, 2.05) is 18.2 Å². The molecule has 0 fully saturated rings. The molecule has 4 heteroatoms. The molecule has 0 aliphatic carbocycles. The van der Waals surface area contributed by atoms with E-state index in [0.717, 1.165) is 29.2 Å². The molecule has 0 saturated carbocycles. The number of aliphatic hydroxyl groups is 1. The van der Waals surface area contributed by atoms with Gasteiger partial charge in [-0.2, -0.15) is 0 Å². The number of fused-ring (bicyclic) bond motifs is 1. The van der Waals surface area contributed by atoms with E-state index in [1.54, 1.807) is 0 Å². The Morgan fingerprint density at radius 2 is 1.74 bits per heavy atom. The van der Waals surface area contributed by atoms with Gasteiger partial charge in [-0.05, 0) is 61.1 Å². The van der Waals surface area contributed by atoms with E-state index >= 15 is 0 Å². The molecule has 0 aliphatic rings. The molecule has 0 heterocycles. The molecule has 31 heavy (non-hydrogen) atoms. The molecule has 0 spiro atoms. The molecular weight excluding hydrogens is 406 g/mol. The highest BCUT2D eigenvalue weighted by Crippen LogP contribution is 2.29. The van der Waals surface area contributed by atoms with Crippen LogP contribution in [0.4, 0.5) is 0 Å². The van der Waals surface area contributed by atoms with Crippen molar-refractivity contribution >= 4 is 22.4 Å². The first-order valence-corrected chi connectivity index (χ1v) is 11.4. The van der Waals surface area contributed by atoms with Gasteiger partial charge in [0.15, 0.2) is 0 Å². The number of aliphatic hydroxyl groups excluding tert-OH is 1. The van der Waals surface area contributed by atoms with Gasteiger partial charge in [0.05, 0.1) is 0 Å². The maximum Gasteiger partial charge on any atom is 0.124 e. The van der Waals surface area contributed by atoms with Gasteiger partial charge < -0.3 is 15.2 Å². The van der Waals surface area contributed by atoms with E-state index in [1.165, 1.54) is 16.3 Å². The smallest absolute Gasteiger partial charge is 0.124 e. The molecule has 0 aromatic heterocycles. The minimum absolute atomic E-state index is 0.151. The van der Waals surface area contributed by atoms with Crippen LogP contribution < -0.4 is 10.1 Å². The Morgan fingerprint density at radius 3 is 2.48 bits per heavy atom. The topological polar surface area (TPSA) is 41.5 Å². The molecule has 166 valence electrons. The first-order valence-electron chi connectivity index (χ1n) is 11.0. The van der Waals surface area contributed by atoms with Crippen molar-refractivity contribution in [1.29, 1.82) is 0 Å². The average molecular weight is 440 g/mol. The standard InChI is InChI=1S/C27H34ClNO2/c1-19(2)14-24-25(28)10-7-11-26(24)31-18-23(30)17-29-27(3,4)16-20-12-13-21-8-5-6-9-22(21)15-20/h5-13,15,19,23,29-30H,14,16-18H2,1-4H3. The number of ether oxygens (including phenoxy) is 1. The number of halogens is 1. The fourth-order valence-corrected chi connectivity index (χ4v) is 4.08. The molecule has 0 amide bonds. The van der Waals surface area contributed by atoms with Gasteiger partial charge in [-0.3, -0.25) is 0 Å². The molecule has 3 aromatic rings. The SMILES string of the molecule is CC(C)Cc1c(Cl)cccc1OCC(O)CNC(C)(C)Cc1ccc2ccccc2c1. The van der Waals surface area contributed by atoms with Crippen molar-refractivity contribution in [1.82, 2.24) is 5.32 Å². The highest BCUT2D eigenvalue weighted by molar-refractivity contribution is 6.31. The summed E-state index contributed by atoms with van der Waals surface area (Å²) in [6.45, 7) is 9.32. The van der Waals surface area contributed by atoms with Crippen LogP contribution >= 0.6 is 11.6 Å². The summed E-state index contributed by atoms with van der Waals surface area (Å²) in [6.07, 6.45) is 1.11. The van der Waals surface area contributed by atoms with E-state index < -0.39 is 6.10 Å². The molecule has 3 aromatic carbocycles. The second-order valence-electron chi connectivity index (χ2n) is 9.40. The summed E-state index contributed by atoms with van der Waals surface area (Å²) < 4.78 is 5.94. The summed E-state index contributed by atoms with van der Waals surface area (Å²) in [5.74, 6) is 1.24. The normalized spacial score (nSPS) is 13.0. The van der Waals surface area contributed by atoms with Gasteiger partial charge in [-0.1, -0.05) is 74.0 Å². The van der Waals surface area contributed by atoms with Crippen molar-refractivity contribution in [2.45, 2.75) is 52.2 Å². The number of hydrogen-bond acceptors (Lipinski definition) is 3. The number of rotatable bonds is 10. The first kappa shape index (κ1) is 23.6. The Morgan fingerprint density at radius 1 is 1.00 bits per heavy atom. The van der Waals surface area contributed by atoms with Crippen LogP contribution in [0.15, 0.2) is 60.7 Å². The second-order valence-corrected chi connectivity index (χ2v) is 9.81. The van der Waals surface area contributed by atoms with Crippen molar-refractivity contribution < 1.29 is 9.84 Å². The number of benzene rings is 3. The van der Waals surface area contributed by atoms with Gasteiger partial charge in [0.25, 0.3) is 0 Å². The Labute approximate surface area is 191 Å². The predicted octanol–water partition coefficient (Wildman–Crippen LogP) is 6.04. The van der Waals surface area contributed by atoms with E-state index in [4.69, 9.17) is 16.3 Å². The maximum atomic E-state index is 10.5. The third-order valence-corrected chi connectivity index (χ3v) is 5.75. The van der Waals surface area contributed by atoms with Crippen molar-refractivity contribution in [3.8, 4) is 5.75 Å². The summed E-state index contributed by atoms with van der Waals surface area (Å²) in [5.41, 5.74) is 2.14. The van der Waals surface area contributed by atoms with Crippen LogP contribution in [0.1, 0.15) is 38.8 Å². The number of nitrogens with one attached hydrogen (secondary N) is 1.